The van der Waals surface area contributed by atoms with Crippen molar-refractivity contribution < 1.29 is 4.74 Å². The quantitative estimate of drug-likeness (QED) is 0.745. The molecule has 0 aliphatic heterocycles. The predicted molar refractivity (Wildman–Crippen MR) is 80.4 cm³/mol. The molecule has 1 N–H and O–H groups in total. The molecule has 0 aromatic carbocycles. The highest BCUT2D eigenvalue weighted by Gasteiger charge is 2.10. The summed E-state index contributed by atoms with van der Waals surface area (Å²) in [7, 11) is 1.74. The Morgan fingerprint density at radius 1 is 1.37 bits per heavy atom. The van der Waals surface area contributed by atoms with Gasteiger partial charge < -0.3 is 10.1 Å². The topological polar surface area (TPSA) is 37.4 Å². The number of methoxy groups -OCH3 is 1. The highest BCUT2D eigenvalue weighted by Crippen LogP contribution is 2.09. The molecule has 0 saturated carbocycles. The van der Waals surface area contributed by atoms with Gasteiger partial charge in [0.15, 0.2) is 0 Å². The second kappa shape index (κ2) is 8.88. The van der Waals surface area contributed by atoms with Crippen LogP contribution in [0.3, 0.4) is 0 Å². The number of ether oxygens (including phenoxy) is 1. The molecule has 0 atom stereocenters. The Morgan fingerprint density at radius 3 is 2.79 bits per heavy atom. The summed E-state index contributed by atoms with van der Waals surface area (Å²) in [5.41, 5.74) is 1.10. The van der Waals surface area contributed by atoms with Crippen molar-refractivity contribution in [2.75, 3.05) is 32.1 Å². The van der Waals surface area contributed by atoms with Gasteiger partial charge in [-0.15, -0.1) is 0 Å². The predicted octanol–water partition coefficient (Wildman–Crippen LogP) is 2.76. The lowest BCUT2D eigenvalue weighted by Gasteiger charge is -2.25. The molecular formula is C15H27N3O. The minimum atomic E-state index is 0.490. The van der Waals surface area contributed by atoms with Crippen LogP contribution in [0.4, 0.5) is 5.82 Å². The van der Waals surface area contributed by atoms with E-state index in [1.807, 2.05) is 6.07 Å². The lowest BCUT2D eigenvalue weighted by molar-refractivity contribution is 0.124. The van der Waals surface area contributed by atoms with Crippen LogP contribution in [0, 0.1) is 0 Å². The van der Waals surface area contributed by atoms with Crippen LogP contribution in [0.1, 0.15) is 32.9 Å². The summed E-state index contributed by atoms with van der Waals surface area (Å²) in [6.07, 6.45) is 1.11. The Hall–Kier alpha value is -1.13. The molecule has 0 bridgehead atoms. The molecule has 4 heteroatoms. The molecule has 0 aliphatic rings. The second-order valence-corrected chi connectivity index (χ2v) is 5.00. The first-order chi connectivity index (χ1) is 9.17. The van der Waals surface area contributed by atoms with Crippen molar-refractivity contribution in [2.24, 2.45) is 0 Å². The molecule has 1 aromatic rings. The average Bonchev–Trinajstić information content (AvgIpc) is 2.41. The Kier molecular flexibility index (Phi) is 7.45. The van der Waals surface area contributed by atoms with Gasteiger partial charge in [0, 0.05) is 32.8 Å². The maximum absolute atomic E-state index is 5.16. The average molecular weight is 265 g/mol. The molecule has 0 aliphatic carbocycles. The first-order valence-electron chi connectivity index (χ1n) is 7.10. The molecule has 1 aromatic heterocycles. The van der Waals surface area contributed by atoms with Crippen LogP contribution in [-0.4, -0.2) is 42.7 Å². The number of hydrogen-bond acceptors (Lipinski definition) is 4. The van der Waals surface area contributed by atoms with E-state index in [-0.39, 0.29) is 0 Å². The summed E-state index contributed by atoms with van der Waals surface area (Å²) in [5.74, 6) is 0.967. The third kappa shape index (κ3) is 6.03. The Balaban J connectivity index is 2.62. The van der Waals surface area contributed by atoms with Gasteiger partial charge in [0.05, 0.1) is 12.3 Å². The van der Waals surface area contributed by atoms with Gasteiger partial charge in [-0.3, -0.25) is 4.90 Å². The summed E-state index contributed by atoms with van der Waals surface area (Å²) >= 11 is 0. The van der Waals surface area contributed by atoms with E-state index < -0.39 is 0 Å². The SMILES string of the molecule is CCCNc1cccc(CN(CCOC)C(C)C)n1. The summed E-state index contributed by atoms with van der Waals surface area (Å²) in [4.78, 5) is 7.02. The largest absolute Gasteiger partial charge is 0.383 e. The molecule has 0 unspecified atom stereocenters. The highest BCUT2D eigenvalue weighted by atomic mass is 16.5. The fourth-order valence-corrected chi connectivity index (χ4v) is 1.86. The van der Waals surface area contributed by atoms with Crippen molar-refractivity contribution in [3.05, 3.63) is 23.9 Å². The summed E-state index contributed by atoms with van der Waals surface area (Å²) in [5, 5.41) is 3.33. The van der Waals surface area contributed by atoms with E-state index in [1.165, 1.54) is 0 Å². The minimum absolute atomic E-state index is 0.490. The number of rotatable bonds is 9. The van der Waals surface area contributed by atoms with Crippen molar-refractivity contribution >= 4 is 5.82 Å². The van der Waals surface area contributed by atoms with Crippen LogP contribution in [0.15, 0.2) is 18.2 Å². The lowest BCUT2D eigenvalue weighted by atomic mass is 10.2. The number of nitrogens with zero attached hydrogens (tertiary/aromatic N) is 2. The van der Waals surface area contributed by atoms with Crippen molar-refractivity contribution in [1.29, 1.82) is 0 Å². The van der Waals surface area contributed by atoms with Crippen molar-refractivity contribution in [1.82, 2.24) is 9.88 Å². The molecule has 0 saturated heterocycles. The van der Waals surface area contributed by atoms with Gasteiger partial charge in [-0.05, 0) is 32.4 Å². The zero-order chi connectivity index (χ0) is 14.1. The van der Waals surface area contributed by atoms with Crippen LogP contribution < -0.4 is 5.32 Å². The Bertz CT molecular complexity index is 355. The van der Waals surface area contributed by atoms with Crippen LogP contribution in [0.5, 0.6) is 0 Å². The summed E-state index contributed by atoms with van der Waals surface area (Å²) in [6, 6.07) is 6.66. The van der Waals surface area contributed by atoms with Gasteiger partial charge in [0.2, 0.25) is 0 Å². The second-order valence-electron chi connectivity index (χ2n) is 5.00. The molecule has 4 nitrogen and oxygen atoms in total. The molecule has 108 valence electrons. The maximum atomic E-state index is 5.16. The summed E-state index contributed by atoms with van der Waals surface area (Å²) in [6.45, 7) is 10.1. The maximum Gasteiger partial charge on any atom is 0.126 e. The number of aromatic nitrogens is 1. The Morgan fingerprint density at radius 2 is 2.16 bits per heavy atom. The number of nitrogens with one attached hydrogen (secondary N) is 1. The van der Waals surface area contributed by atoms with Crippen LogP contribution in [0.2, 0.25) is 0 Å². The van der Waals surface area contributed by atoms with Gasteiger partial charge >= 0.3 is 0 Å². The zero-order valence-corrected chi connectivity index (χ0v) is 12.6. The van der Waals surface area contributed by atoms with Gasteiger partial charge in [-0.25, -0.2) is 4.98 Å². The van der Waals surface area contributed by atoms with Crippen LogP contribution >= 0.6 is 0 Å². The number of anilines is 1. The molecule has 1 heterocycles. The lowest BCUT2D eigenvalue weighted by Crippen LogP contribution is -2.33. The molecule has 1 rings (SSSR count). The monoisotopic (exact) mass is 265 g/mol. The fraction of sp³-hybridized carbons (Fsp3) is 0.667. The van der Waals surface area contributed by atoms with Crippen molar-refractivity contribution in [3.63, 3.8) is 0 Å². The minimum Gasteiger partial charge on any atom is -0.383 e. The molecule has 0 amide bonds. The van der Waals surface area contributed by atoms with Gasteiger partial charge in [0.25, 0.3) is 0 Å². The number of pyridine rings is 1. The smallest absolute Gasteiger partial charge is 0.126 e. The highest BCUT2D eigenvalue weighted by molar-refractivity contribution is 5.35. The van der Waals surface area contributed by atoms with Gasteiger partial charge in [-0.1, -0.05) is 13.0 Å². The normalized spacial score (nSPS) is 11.3. The van der Waals surface area contributed by atoms with E-state index >= 15 is 0 Å². The van der Waals surface area contributed by atoms with Crippen molar-refractivity contribution in [3.8, 4) is 0 Å². The molecule has 0 fully saturated rings. The third-order valence-corrected chi connectivity index (χ3v) is 3.04. The van der Waals surface area contributed by atoms with Crippen molar-refractivity contribution in [2.45, 2.75) is 39.8 Å². The standard InChI is InChI=1S/C15H27N3O/c1-5-9-16-15-8-6-7-14(17-15)12-18(13(2)3)10-11-19-4/h6-8,13H,5,9-12H2,1-4H3,(H,16,17). The van der Waals surface area contributed by atoms with E-state index in [4.69, 9.17) is 4.74 Å². The van der Waals surface area contributed by atoms with Gasteiger partial charge in [0.1, 0.15) is 5.82 Å². The first kappa shape index (κ1) is 15.9. The number of hydrogen-bond donors (Lipinski definition) is 1. The van der Waals surface area contributed by atoms with E-state index in [0.717, 1.165) is 44.2 Å². The molecular weight excluding hydrogens is 238 g/mol. The fourth-order valence-electron chi connectivity index (χ4n) is 1.86. The molecule has 0 spiro atoms. The van der Waals surface area contributed by atoms with Gasteiger partial charge in [-0.2, -0.15) is 0 Å². The van der Waals surface area contributed by atoms with E-state index in [2.05, 4.69) is 48.1 Å². The Labute approximate surface area is 117 Å². The zero-order valence-electron chi connectivity index (χ0n) is 12.6. The van der Waals surface area contributed by atoms with Crippen LogP contribution in [0.25, 0.3) is 0 Å². The van der Waals surface area contributed by atoms with E-state index in [9.17, 15) is 0 Å². The first-order valence-corrected chi connectivity index (χ1v) is 7.10. The molecule has 19 heavy (non-hydrogen) atoms. The molecule has 0 radical (unpaired) electrons. The third-order valence-electron chi connectivity index (χ3n) is 3.04. The van der Waals surface area contributed by atoms with E-state index in [1.54, 1.807) is 7.11 Å². The summed E-state index contributed by atoms with van der Waals surface area (Å²) < 4.78 is 5.16. The van der Waals surface area contributed by atoms with E-state index in [0.29, 0.717) is 6.04 Å². The van der Waals surface area contributed by atoms with Crippen LogP contribution in [-0.2, 0) is 11.3 Å².